The predicted molar refractivity (Wildman–Crippen MR) is 117 cm³/mol. The van der Waals surface area contributed by atoms with E-state index in [-0.39, 0.29) is 5.91 Å². The van der Waals surface area contributed by atoms with Gasteiger partial charge in [-0.15, -0.1) is 0 Å². The number of carbonyl (C=O) groups excluding carboxylic acids is 1. The van der Waals surface area contributed by atoms with Gasteiger partial charge in [-0.3, -0.25) is 4.79 Å². The van der Waals surface area contributed by atoms with Gasteiger partial charge in [-0.1, -0.05) is 60.1 Å². The van der Waals surface area contributed by atoms with Crippen LogP contribution in [0, 0.1) is 0 Å². The predicted octanol–water partition coefficient (Wildman–Crippen LogP) is 5.28. The molecule has 0 atom stereocenters. The third-order valence-electron chi connectivity index (χ3n) is 4.86. The van der Waals surface area contributed by atoms with Gasteiger partial charge in [-0.2, -0.15) is 0 Å². The maximum Gasteiger partial charge on any atom is 0.251 e. The van der Waals surface area contributed by atoms with Gasteiger partial charge in [0.2, 0.25) is 0 Å². The van der Waals surface area contributed by atoms with Gasteiger partial charge in [0, 0.05) is 29.7 Å². The van der Waals surface area contributed by atoms with Gasteiger partial charge in [-0.05, 0) is 41.0 Å². The van der Waals surface area contributed by atoms with Crippen LogP contribution in [0.3, 0.4) is 0 Å². The first-order valence-corrected chi connectivity index (χ1v) is 9.70. The Morgan fingerprint density at radius 2 is 1.76 bits per heavy atom. The number of hydrogen-bond acceptors (Lipinski definition) is 2. The van der Waals surface area contributed by atoms with Gasteiger partial charge in [0.15, 0.2) is 0 Å². The van der Waals surface area contributed by atoms with E-state index in [1.807, 2.05) is 55.0 Å². The monoisotopic (exact) mass is 401 g/mol. The molecule has 0 radical (unpaired) electrons. The molecule has 0 saturated heterocycles. The highest BCUT2D eigenvalue weighted by Crippen LogP contribution is 2.30. The Bertz CT molecular complexity index is 1170. The second-order valence-electron chi connectivity index (χ2n) is 6.73. The number of aromatic nitrogens is 2. The summed E-state index contributed by atoms with van der Waals surface area (Å²) in [4.78, 5) is 15.6. The third kappa shape index (κ3) is 4.08. The van der Waals surface area contributed by atoms with Crippen LogP contribution >= 0.6 is 11.6 Å². The van der Waals surface area contributed by atoms with Crippen LogP contribution in [0.4, 0.5) is 0 Å². The summed E-state index contributed by atoms with van der Waals surface area (Å²) in [6.45, 7) is 0.978. The summed E-state index contributed by atoms with van der Waals surface area (Å²) < 4.78 is 2.17. The van der Waals surface area contributed by atoms with Crippen LogP contribution in [0.5, 0.6) is 0 Å². The summed E-state index contributed by atoms with van der Waals surface area (Å²) in [5.41, 5.74) is 6.59. The second-order valence-corrected chi connectivity index (χ2v) is 7.17. The maximum atomic E-state index is 11.5. The van der Waals surface area contributed by atoms with Crippen molar-refractivity contribution in [2.24, 2.45) is 0 Å². The van der Waals surface area contributed by atoms with Gasteiger partial charge in [0.05, 0.1) is 18.2 Å². The average Bonchev–Trinajstić information content (AvgIpc) is 3.35. The van der Waals surface area contributed by atoms with Gasteiger partial charge >= 0.3 is 0 Å². The molecular weight excluding hydrogens is 382 g/mol. The van der Waals surface area contributed by atoms with Crippen molar-refractivity contribution in [2.45, 2.75) is 6.54 Å². The molecule has 0 bridgehead atoms. The minimum atomic E-state index is -0.0890. The standard InChI is InChI=1S/C14H12ClNO.C10H8N2/c1-16-14(17)12-6-2-4-10(8-12)11-5-3-7-13(15)9-11;1-2-4-9-8(3-1)6-12-7-11-5-10(9)12/h2-9H,1H3,(H,16,17);1-5,7H,6H2. The molecule has 2 heterocycles. The van der Waals surface area contributed by atoms with Crippen LogP contribution in [-0.2, 0) is 6.54 Å². The van der Waals surface area contributed by atoms with Crippen LogP contribution in [0.25, 0.3) is 22.4 Å². The Morgan fingerprint density at radius 3 is 2.55 bits per heavy atom. The number of nitrogens with one attached hydrogen (secondary N) is 1. The number of halogens is 1. The summed E-state index contributed by atoms with van der Waals surface area (Å²) in [5.74, 6) is -0.0890. The molecule has 4 aromatic rings. The Morgan fingerprint density at radius 1 is 1.00 bits per heavy atom. The molecule has 1 aliphatic rings. The fraction of sp³-hybridized carbons (Fsp3) is 0.0833. The van der Waals surface area contributed by atoms with Crippen molar-refractivity contribution in [3.63, 3.8) is 0 Å². The summed E-state index contributed by atoms with van der Waals surface area (Å²) in [5, 5.41) is 3.29. The smallest absolute Gasteiger partial charge is 0.251 e. The molecule has 5 rings (SSSR count). The Kier molecular flexibility index (Phi) is 5.45. The minimum absolute atomic E-state index is 0.0890. The molecule has 0 saturated carbocycles. The lowest BCUT2D eigenvalue weighted by Crippen LogP contribution is -2.17. The number of amides is 1. The zero-order chi connectivity index (χ0) is 20.2. The summed E-state index contributed by atoms with van der Waals surface area (Å²) in [6, 6.07) is 23.5. The lowest BCUT2D eigenvalue weighted by atomic mass is 10.0. The molecule has 0 aliphatic carbocycles. The van der Waals surface area contributed by atoms with Gasteiger partial charge in [-0.25, -0.2) is 4.98 Å². The first-order chi connectivity index (χ1) is 14.2. The van der Waals surface area contributed by atoms with Crippen LogP contribution in [0.2, 0.25) is 5.02 Å². The van der Waals surface area contributed by atoms with Crippen LogP contribution < -0.4 is 5.32 Å². The van der Waals surface area contributed by atoms with Crippen molar-refractivity contribution < 1.29 is 4.79 Å². The zero-order valence-corrected chi connectivity index (χ0v) is 16.7. The molecule has 5 heteroatoms. The number of nitrogens with zero attached hydrogens (tertiary/aromatic N) is 2. The normalized spacial score (nSPS) is 11.1. The van der Waals surface area contributed by atoms with E-state index >= 15 is 0 Å². The Balaban J connectivity index is 0.000000149. The number of rotatable bonds is 2. The maximum absolute atomic E-state index is 11.5. The molecule has 1 N–H and O–H groups in total. The van der Waals surface area contributed by atoms with E-state index in [1.54, 1.807) is 13.1 Å². The van der Waals surface area contributed by atoms with Gasteiger partial charge in [0.25, 0.3) is 5.91 Å². The lowest BCUT2D eigenvalue weighted by Gasteiger charge is -2.05. The van der Waals surface area contributed by atoms with Gasteiger partial charge in [0.1, 0.15) is 0 Å². The molecule has 1 aromatic heterocycles. The van der Waals surface area contributed by atoms with E-state index in [0.29, 0.717) is 10.6 Å². The Hall–Kier alpha value is -3.37. The lowest BCUT2D eigenvalue weighted by molar-refractivity contribution is 0.0963. The molecule has 0 fully saturated rings. The SMILES string of the molecule is CNC(=O)c1cccc(-c2cccc(Cl)c2)c1.c1ccc2c(c1)Cn1cncc1-2. The highest BCUT2D eigenvalue weighted by atomic mass is 35.5. The summed E-state index contributed by atoms with van der Waals surface area (Å²) in [6.07, 6.45) is 3.81. The van der Waals surface area contributed by atoms with Crippen molar-refractivity contribution in [1.29, 1.82) is 0 Å². The minimum Gasteiger partial charge on any atom is -0.355 e. The topological polar surface area (TPSA) is 46.9 Å². The number of carbonyl (C=O) groups is 1. The van der Waals surface area contributed by atoms with E-state index in [2.05, 4.69) is 39.1 Å². The van der Waals surface area contributed by atoms with Crippen molar-refractivity contribution in [3.8, 4) is 22.4 Å². The molecule has 144 valence electrons. The molecule has 3 aromatic carbocycles. The van der Waals surface area contributed by atoms with Crippen molar-refractivity contribution in [3.05, 3.63) is 101 Å². The molecule has 29 heavy (non-hydrogen) atoms. The van der Waals surface area contributed by atoms with Crippen LogP contribution in [0.1, 0.15) is 15.9 Å². The fourth-order valence-electron chi connectivity index (χ4n) is 3.41. The second kappa shape index (κ2) is 8.33. The van der Waals surface area contributed by atoms with E-state index in [1.165, 1.54) is 16.8 Å². The van der Waals surface area contributed by atoms with Crippen molar-refractivity contribution in [1.82, 2.24) is 14.9 Å². The largest absolute Gasteiger partial charge is 0.355 e. The molecule has 0 unspecified atom stereocenters. The van der Waals surface area contributed by atoms with Crippen molar-refractivity contribution >= 4 is 17.5 Å². The molecule has 4 nitrogen and oxygen atoms in total. The molecule has 0 spiro atoms. The first-order valence-electron chi connectivity index (χ1n) is 9.32. The van der Waals surface area contributed by atoms with E-state index < -0.39 is 0 Å². The van der Waals surface area contributed by atoms with Crippen LogP contribution in [-0.4, -0.2) is 22.5 Å². The summed E-state index contributed by atoms with van der Waals surface area (Å²) >= 11 is 5.95. The van der Waals surface area contributed by atoms with E-state index in [9.17, 15) is 4.79 Å². The first kappa shape index (κ1) is 19.0. The van der Waals surface area contributed by atoms with Gasteiger partial charge < -0.3 is 9.88 Å². The zero-order valence-electron chi connectivity index (χ0n) is 16.0. The highest BCUT2D eigenvalue weighted by molar-refractivity contribution is 6.30. The number of imidazole rings is 1. The number of benzene rings is 3. The molecule has 1 aliphatic heterocycles. The Labute approximate surface area is 174 Å². The third-order valence-corrected chi connectivity index (χ3v) is 5.09. The summed E-state index contributed by atoms with van der Waals surface area (Å²) in [7, 11) is 1.62. The fourth-order valence-corrected chi connectivity index (χ4v) is 3.61. The van der Waals surface area contributed by atoms with E-state index in [4.69, 9.17) is 11.6 Å². The number of fused-ring (bicyclic) bond motifs is 3. The van der Waals surface area contributed by atoms with Crippen LogP contribution in [0.15, 0.2) is 85.3 Å². The highest BCUT2D eigenvalue weighted by Gasteiger charge is 2.16. The average molecular weight is 402 g/mol. The van der Waals surface area contributed by atoms with Crippen molar-refractivity contribution in [2.75, 3.05) is 7.05 Å². The number of hydrogen-bond donors (Lipinski definition) is 1. The van der Waals surface area contributed by atoms with E-state index in [0.717, 1.165) is 17.7 Å². The molecule has 1 amide bonds. The quantitative estimate of drug-likeness (QED) is 0.437. The molecular formula is C24H20ClN3O.